The molecule has 6 fully saturated rings. The van der Waals surface area contributed by atoms with Crippen molar-refractivity contribution in [2.75, 3.05) is 72.8 Å². The van der Waals surface area contributed by atoms with Crippen molar-refractivity contribution in [1.82, 2.24) is 35.5 Å². The van der Waals surface area contributed by atoms with Crippen LogP contribution in [0.1, 0.15) is 102 Å². The highest BCUT2D eigenvalue weighted by atomic mass is 35.5. The average Bonchev–Trinajstić information content (AvgIpc) is 4.14. The Balaban J connectivity index is 0.600. The molecule has 6 atom stereocenters. The number of likely N-dealkylation sites (tertiary alicyclic amines) is 2. The third-order valence-electron chi connectivity index (χ3n) is 16.9. The molecular formula is C57H72ClN11O7. The highest BCUT2D eigenvalue weighted by molar-refractivity contribution is 6.30. The number of aliphatic hydroxyl groups excluding tert-OH is 1. The van der Waals surface area contributed by atoms with Gasteiger partial charge in [-0.2, -0.15) is 0 Å². The number of anilines is 4. The fourth-order valence-corrected chi connectivity index (χ4v) is 12.8. The zero-order chi connectivity index (χ0) is 52.6. The van der Waals surface area contributed by atoms with Crippen molar-refractivity contribution in [2.24, 2.45) is 11.8 Å². The molecule has 3 aromatic heterocycles. The van der Waals surface area contributed by atoms with Gasteiger partial charge in [0.2, 0.25) is 17.7 Å². The van der Waals surface area contributed by atoms with Gasteiger partial charge in [-0.3, -0.25) is 9.59 Å². The summed E-state index contributed by atoms with van der Waals surface area (Å²) >= 11 is 6.07. The lowest BCUT2D eigenvalue weighted by atomic mass is 9.91. The molecule has 0 spiro atoms. The number of hydrogen-bond donors (Lipinski definition) is 4. The number of fused-ring (bicyclic) bond motifs is 2. The van der Waals surface area contributed by atoms with Crippen molar-refractivity contribution in [1.29, 1.82) is 0 Å². The summed E-state index contributed by atoms with van der Waals surface area (Å²) < 4.78 is 19.0. The molecule has 2 aromatic carbocycles. The van der Waals surface area contributed by atoms with Gasteiger partial charge in [-0.1, -0.05) is 54.9 Å². The predicted molar refractivity (Wildman–Crippen MR) is 290 cm³/mol. The van der Waals surface area contributed by atoms with Gasteiger partial charge in [-0.15, -0.1) is 10.2 Å². The van der Waals surface area contributed by atoms with E-state index in [1.807, 2.05) is 63.4 Å². The summed E-state index contributed by atoms with van der Waals surface area (Å²) in [5.41, 5.74) is 10.5. The molecule has 18 nitrogen and oxygen atoms in total. The summed E-state index contributed by atoms with van der Waals surface area (Å²) in [6.45, 7) is 12.4. The van der Waals surface area contributed by atoms with E-state index in [1.54, 1.807) is 24.3 Å². The zero-order valence-corrected chi connectivity index (χ0v) is 44.5. The molecule has 5 N–H and O–H groups in total. The molecule has 76 heavy (non-hydrogen) atoms. The van der Waals surface area contributed by atoms with Crippen molar-refractivity contribution in [3.8, 4) is 22.9 Å². The highest BCUT2D eigenvalue weighted by Gasteiger charge is 2.45. The summed E-state index contributed by atoms with van der Waals surface area (Å²) in [6, 6.07) is 22.0. The second-order valence-electron chi connectivity index (χ2n) is 22.5. The van der Waals surface area contributed by atoms with E-state index >= 15 is 0 Å². The number of β-amino-alcohol motifs (C(OH)–C–C–N with tert-alkyl or cyclic N) is 1. The number of phenols is 1. The van der Waals surface area contributed by atoms with Crippen LogP contribution >= 0.6 is 11.6 Å². The van der Waals surface area contributed by atoms with Crippen LogP contribution in [-0.2, 0) is 14.3 Å². The number of pyridine rings is 1. The maximum atomic E-state index is 14.3. The molecule has 8 heterocycles. The normalized spacial score (nSPS) is 25.2. The third kappa shape index (κ3) is 11.3. The van der Waals surface area contributed by atoms with Gasteiger partial charge in [-0.25, -0.2) is 4.98 Å². The van der Waals surface area contributed by atoms with Gasteiger partial charge in [0.25, 0.3) is 0 Å². The Labute approximate surface area is 449 Å². The number of aromatic nitrogens is 4. The number of nitrogens with one attached hydrogen (secondary N) is 1. The third-order valence-corrected chi connectivity index (χ3v) is 17.1. The number of nitrogens with zero attached hydrogens (tertiary/aromatic N) is 9. The van der Waals surface area contributed by atoms with Crippen molar-refractivity contribution >= 4 is 46.4 Å². The van der Waals surface area contributed by atoms with E-state index in [0.29, 0.717) is 51.7 Å². The zero-order valence-electron chi connectivity index (χ0n) is 43.8. The number of piperidine rings is 2. The molecule has 6 aliphatic rings. The second-order valence-corrected chi connectivity index (χ2v) is 22.9. The molecule has 2 amide bonds. The molecular weight excluding hydrogens is 986 g/mol. The molecule has 19 heteroatoms. The maximum Gasteiger partial charge on any atom is 0.243 e. The number of phenolic OH excluding ortho intramolecular Hbond substituents is 1. The average molecular weight is 1060 g/mol. The van der Waals surface area contributed by atoms with E-state index in [-0.39, 0.29) is 60.8 Å². The molecule has 404 valence electrons. The maximum absolute atomic E-state index is 14.3. The number of benzene rings is 2. The van der Waals surface area contributed by atoms with Gasteiger partial charge in [0.05, 0.1) is 35.7 Å². The van der Waals surface area contributed by atoms with E-state index in [0.717, 1.165) is 120 Å². The number of amides is 2. The van der Waals surface area contributed by atoms with Crippen LogP contribution in [0.15, 0.2) is 83.5 Å². The first-order chi connectivity index (χ1) is 36.8. The molecule has 2 bridgehead atoms. The first-order valence-electron chi connectivity index (χ1n) is 27.5. The first kappa shape index (κ1) is 51.9. The van der Waals surface area contributed by atoms with Gasteiger partial charge < -0.3 is 59.8 Å². The van der Waals surface area contributed by atoms with Crippen molar-refractivity contribution < 1.29 is 33.8 Å². The lowest BCUT2D eigenvalue weighted by Crippen LogP contribution is -2.54. The van der Waals surface area contributed by atoms with E-state index in [1.165, 1.54) is 4.90 Å². The summed E-state index contributed by atoms with van der Waals surface area (Å²) in [6.07, 6.45) is 9.84. The van der Waals surface area contributed by atoms with Gasteiger partial charge in [0, 0.05) is 118 Å². The lowest BCUT2D eigenvalue weighted by molar-refractivity contribution is -0.141. The molecule has 0 radical (unpaired) electrons. The summed E-state index contributed by atoms with van der Waals surface area (Å²) in [5, 5.41) is 37.8. The number of nitrogen functional groups attached to an aromatic ring is 1. The minimum absolute atomic E-state index is 0.0825. The number of rotatable bonds is 16. The largest absolute Gasteiger partial charge is 0.507 e. The van der Waals surface area contributed by atoms with Crippen LogP contribution in [0.4, 0.5) is 23.0 Å². The van der Waals surface area contributed by atoms with Crippen LogP contribution in [0.2, 0.25) is 5.02 Å². The minimum Gasteiger partial charge on any atom is -0.507 e. The van der Waals surface area contributed by atoms with Gasteiger partial charge >= 0.3 is 0 Å². The molecule has 1 aliphatic carbocycles. The first-order valence-corrected chi connectivity index (χ1v) is 27.9. The second kappa shape index (κ2) is 22.4. The number of hydrogen-bond acceptors (Lipinski definition) is 16. The van der Waals surface area contributed by atoms with Gasteiger partial charge in [-0.05, 0) is 99.2 Å². The Morgan fingerprint density at radius 3 is 2.30 bits per heavy atom. The SMILES string of the molecule is CC(C)[C@H](C(=O)N1C[C@H](O)C[C@H]1C(=O)N[C@@H](C)c1ccc(Cl)cc1)c1cc(N2CCC(CN3CCC(OC4CC(Oc5cc(N6C7CC[C@@H]6CN(c6cc(-c8ccccc8O)nnc6N)C7)ccn5)C4)CC3)CC2)no1. The van der Waals surface area contributed by atoms with E-state index in [4.69, 9.17) is 31.3 Å². The van der Waals surface area contributed by atoms with Crippen molar-refractivity contribution in [3.05, 3.63) is 95.3 Å². The molecule has 11 rings (SSSR count). The number of piperazine rings is 1. The number of nitrogens with two attached hydrogens (primary N) is 1. The summed E-state index contributed by atoms with van der Waals surface area (Å²) in [7, 11) is 0. The number of carbonyl (C=O) groups is 2. The fraction of sp³-hybridized carbons (Fsp3) is 0.544. The predicted octanol–water partition coefficient (Wildman–Crippen LogP) is 7.21. The standard InChI is InChI=1S/C57H72ClN11O7/c1-34(2)54(57(73)68-33-42(70)25-49(68)56(72)61-35(3)37-8-10-38(58)11-9-37)51-29-52(64-76-51)66-22-15-36(16-23-66)30-65-20-17-43(18-21-65)74-44-26-45(27-44)75-53-24-39(14-19-60-53)69-40-12-13-41(69)32-67(31-40)48-28-47(62-63-55(48)59)46-6-4-5-7-50(46)71/h4-11,14,19,24,28-29,34-36,40-45,49,54,70-71H,12-13,15-18,20-23,25-27,30-33H2,1-3H3,(H2,59,63)(H,61,72)/t35-,40+,41?,42+,44?,45?,49-,54-/m0/s1. The number of ether oxygens (including phenoxy) is 2. The van der Waals surface area contributed by atoms with Crippen molar-refractivity contribution in [3.63, 3.8) is 0 Å². The van der Waals surface area contributed by atoms with E-state index in [2.05, 4.69) is 57.4 Å². The Morgan fingerprint density at radius 2 is 1.58 bits per heavy atom. The van der Waals surface area contributed by atoms with Crippen LogP contribution in [0.25, 0.3) is 11.3 Å². The van der Waals surface area contributed by atoms with Gasteiger partial charge in [0.1, 0.15) is 23.8 Å². The number of aliphatic hydroxyl groups is 1. The molecule has 5 saturated heterocycles. The molecule has 5 aliphatic heterocycles. The topological polar surface area (TPSA) is 212 Å². The minimum atomic E-state index is -0.799. The van der Waals surface area contributed by atoms with Crippen LogP contribution in [0.5, 0.6) is 11.6 Å². The number of para-hydroxylation sites is 1. The lowest BCUT2D eigenvalue weighted by Gasteiger charge is -2.43. The molecule has 5 aromatic rings. The van der Waals surface area contributed by atoms with Crippen LogP contribution in [0.3, 0.4) is 0 Å². The van der Waals surface area contributed by atoms with Crippen LogP contribution in [-0.4, -0.2) is 147 Å². The van der Waals surface area contributed by atoms with Crippen LogP contribution in [0, 0.1) is 11.8 Å². The summed E-state index contributed by atoms with van der Waals surface area (Å²) in [5.74, 6) is 1.69. The Kier molecular flexibility index (Phi) is 15.3. The number of halogens is 1. The fourth-order valence-electron chi connectivity index (χ4n) is 12.7. The number of aromatic hydroxyl groups is 1. The number of carbonyl (C=O) groups excluding carboxylic acids is 2. The Bertz CT molecular complexity index is 2800. The smallest absolute Gasteiger partial charge is 0.243 e. The monoisotopic (exact) mass is 1060 g/mol. The quantitative estimate of drug-likeness (QED) is 0.0769. The highest BCUT2D eigenvalue weighted by Crippen LogP contribution is 2.41. The van der Waals surface area contributed by atoms with Gasteiger partial charge in [0.15, 0.2) is 17.4 Å². The van der Waals surface area contributed by atoms with Crippen molar-refractivity contribution in [2.45, 2.75) is 133 Å². The van der Waals surface area contributed by atoms with E-state index < -0.39 is 18.1 Å². The molecule has 1 saturated carbocycles. The molecule has 1 unspecified atom stereocenters. The van der Waals surface area contributed by atoms with Crippen LogP contribution < -0.4 is 30.5 Å². The summed E-state index contributed by atoms with van der Waals surface area (Å²) in [4.78, 5) is 43.7. The Hall–Kier alpha value is -6.21. The Morgan fingerprint density at radius 1 is 0.842 bits per heavy atom. The van der Waals surface area contributed by atoms with E-state index in [9.17, 15) is 19.8 Å².